The van der Waals surface area contributed by atoms with Crippen LogP contribution in [0.15, 0.2) is 32.7 Å². The van der Waals surface area contributed by atoms with Crippen LogP contribution in [0.4, 0.5) is 5.69 Å². The van der Waals surface area contributed by atoms with Gasteiger partial charge in [-0.15, -0.1) is 4.91 Å². The van der Waals surface area contributed by atoms with Crippen molar-refractivity contribution in [3.05, 3.63) is 27.6 Å². The Bertz CT molecular complexity index is 441. The molecule has 1 rings (SSSR count). The fourth-order valence-corrected chi connectivity index (χ4v) is 2.82. The van der Waals surface area contributed by atoms with Crippen molar-refractivity contribution in [1.82, 2.24) is 0 Å². The molecule has 4 nitrogen and oxygen atoms in total. The van der Waals surface area contributed by atoms with Crippen molar-refractivity contribution in [2.24, 2.45) is 5.18 Å². The van der Waals surface area contributed by atoms with E-state index < -0.39 is 9.84 Å². The smallest absolute Gasteiger partial charge is 0.176 e. The van der Waals surface area contributed by atoms with Crippen molar-refractivity contribution in [3.63, 3.8) is 0 Å². The van der Waals surface area contributed by atoms with Crippen LogP contribution in [-0.4, -0.2) is 14.7 Å². The lowest BCUT2D eigenvalue weighted by Gasteiger charge is -2.00. The monoisotopic (exact) mass is 263 g/mol. The molecule has 0 saturated carbocycles. The molecule has 0 spiro atoms. The van der Waals surface area contributed by atoms with E-state index in [4.69, 9.17) is 0 Å². The molecule has 6 heteroatoms. The molecular formula is C7H6BrNO3S. The number of hydrogen-bond acceptors (Lipinski definition) is 4. The summed E-state index contributed by atoms with van der Waals surface area (Å²) in [6.45, 7) is 0. The molecule has 70 valence electrons. The van der Waals surface area contributed by atoms with Crippen molar-refractivity contribution >= 4 is 31.5 Å². The van der Waals surface area contributed by atoms with Gasteiger partial charge in [-0.05, 0) is 39.3 Å². The van der Waals surface area contributed by atoms with Crippen molar-refractivity contribution in [1.29, 1.82) is 0 Å². The van der Waals surface area contributed by atoms with Gasteiger partial charge in [-0.25, -0.2) is 8.42 Å². The van der Waals surface area contributed by atoms with Crippen molar-refractivity contribution in [2.75, 3.05) is 6.26 Å². The molecule has 0 aliphatic carbocycles. The third kappa shape index (κ3) is 2.35. The molecule has 0 aromatic heterocycles. The molecule has 0 radical (unpaired) electrons. The number of hydrogen-bond donors (Lipinski definition) is 0. The van der Waals surface area contributed by atoms with E-state index in [0.29, 0.717) is 4.47 Å². The van der Waals surface area contributed by atoms with Gasteiger partial charge in [0, 0.05) is 10.7 Å². The Hall–Kier alpha value is -0.750. The summed E-state index contributed by atoms with van der Waals surface area (Å²) in [5.41, 5.74) is 0.194. The van der Waals surface area contributed by atoms with Gasteiger partial charge in [0.2, 0.25) is 0 Å². The Labute approximate surface area is 84.0 Å². The van der Waals surface area contributed by atoms with E-state index in [1.807, 2.05) is 0 Å². The third-order valence-electron chi connectivity index (χ3n) is 1.42. The van der Waals surface area contributed by atoms with Gasteiger partial charge in [-0.2, -0.15) is 0 Å². The van der Waals surface area contributed by atoms with E-state index in [1.54, 1.807) is 0 Å². The molecule has 0 aliphatic rings. The average Bonchev–Trinajstić information content (AvgIpc) is 2.01. The van der Waals surface area contributed by atoms with Crippen LogP contribution in [0.3, 0.4) is 0 Å². The zero-order chi connectivity index (χ0) is 10.1. The van der Waals surface area contributed by atoms with Crippen LogP contribution in [-0.2, 0) is 9.84 Å². The van der Waals surface area contributed by atoms with Crippen LogP contribution in [0.5, 0.6) is 0 Å². The fraction of sp³-hybridized carbons (Fsp3) is 0.143. The van der Waals surface area contributed by atoms with Gasteiger partial charge in [-0.1, -0.05) is 0 Å². The molecule has 0 bridgehead atoms. The highest BCUT2D eigenvalue weighted by Gasteiger charge is 2.11. The molecule has 0 heterocycles. The molecule has 0 saturated heterocycles. The maximum Gasteiger partial charge on any atom is 0.176 e. The predicted molar refractivity (Wildman–Crippen MR) is 52.7 cm³/mol. The van der Waals surface area contributed by atoms with Crippen LogP contribution in [0.25, 0.3) is 0 Å². The number of sulfone groups is 1. The van der Waals surface area contributed by atoms with Gasteiger partial charge in [0.15, 0.2) is 9.84 Å². The Morgan fingerprint density at radius 2 is 2.00 bits per heavy atom. The number of benzene rings is 1. The summed E-state index contributed by atoms with van der Waals surface area (Å²) in [6.07, 6.45) is 1.10. The Morgan fingerprint density at radius 3 is 2.38 bits per heavy atom. The average molecular weight is 264 g/mol. The Kier molecular flexibility index (Phi) is 2.82. The first-order valence-corrected chi connectivity index (χ1v) is 5.96. The summed E-state index contributed by atoms with van der Waals surface area (Å²) in [5, 5.41) is 2.68. The summed E-state index contributed by atoms with van der Waals surface area (Å²) in [7, 11) is -3.25. The number of nitroso groups, excluding NO2 is 1. The second-order valence-corrected chi connectivity index (χ2v) is 5.32. The number of nitrogens with zero attached hydrogens (tertiary/aromatic N) is 1. The quantitative estimate of drug-likeness (QED) is 0.769. The van der Waals surface area contributed by atoms with E-state index in [-0.39, 0.29) is 10.6 Å². The summed E-state index contributed by atoms with van der Waals surface area (Å²) < 4.78 is 22.6. The lowest BCUT2D eigenvalue weighted by atomic mass is 10.3. The van der Waals surface area contributed by atoms with Crippen molar-refractivity contribution < 1.29 is 8.42 Å². The van der Waals surface area contributed by atoms with E-state index in [9.17, 15) is 13.3 Å². The minimum absolute atomic E-state index is 0.153. The molecule has 0 amide bonds. The summed E-state index contributed by atoms with van der Waals surface area (Å²) in [6, 6.07) is 4.06. The van der Waals surface area contributed by atoms with Crippen LogP contribution >= 0.6 is 15.9 Å². The Balaban J connectivity index is 3.37. The second-order valence-electron chi connectivity index (χ2n) is 2.48. The standard InChI is InChI=1S/C7H6BrNO3S/c1-13(11,12)7-3-2-5(9-10)4-6(7)8/h2-4H,1H3. The maximum atomic E-state index is 11.1. The highest BCUT2D eigenvalue weighted by Crippen LogP contribution is 2.26. The van der Waals surface area contributed by atoms with Crippen molar-refractivity contribution in [2.45, 2.75) is 4.90 Å². The van der Waals surface area contributed by atoms with Crippen LogP contribution in [0.2, 0.25) is 0 Å². The molecular weight excluding hydrogens is 258 g/mol. The molecule has 1 aromatic rings. The topological polar surface area (TPSA) is 63.6 Å². The van der Waals surface area contributed by atoms with Crippen LogP contribution in [0.1, 0.15) is 0 Å². The molecule has 1 aromatic carbocycles. The molecule has 0 unspecified atom stereocenters. The zero-order valence-electron chi connectivity index (χ0n) is 6.69. The molecule has 0 atom stereocenters. The Morgan fingerprint density at radius 1 is 1.38 bits per heavy atom. The van der Waals surface area contributed by atoms with Crippen LogP contribution < -0.4 is 0 Å². The first kappa shape index (κ1) is 10.3. The fourth-order valence-electron chi connectivity index (χ4n) is 0.847. The minimum atomic E-state index is -3.25. The SMILES string of the molecule is CS(=O)(=O)c1ccc(N=O)cc1Br. The maximum absolute atomic E-state index is 11.1. The molecule has 0 aliphatic heterocycles. The lowest BCUT2D eigenvalue weighted by Crippen LogP contribution is -1.97. The highest BCUT2D eigenvalue weighted by molar-refractivity contribution is 9.10. The van der Waals surface area contributed by atoms with E-state index in [0.717, 1.165) is 6.26 Å². The van der Waals surface area contributed by atoms with Gasteiger partial charge in [0.25, 0.3) is 0 Å². The number of rotatable bonds is 2. The largest absolute Gasteiger partial charge is 0.224 e. The molecule has 0 N–H and O–H groups in total. The highest BCUT2D eigenvalue weighted by atomic mass is 79.9. The summed E-state index contributed by atoms with van der Waals surface area (Å²) >= 11 is 3.05. The normalized spacial score (nSPS) is 11.2. The van der Waals surface area contributed by atoms with Crippen LogP contribution in [0, 0.1) is 4.91 Å². The van der Waals surface area contributed by atoms with Gasteiger partial charge < -0.3 is 0 Å². The first-order valence-electron chi connectivity index (χ1n) is 3.28. The summed E-state index contributed by atoms with van der Waals surface area (Å²) in [5.74, 6) is 0. The van der Waals surface area contributed by atoms with Gasteiger partial charge in [0.1, 0.15) is 5.69 Å². The van der Waals surface area contributed by atoms with Gasteiger partial charge in [0.05, 0.1) is 4.90 Å². The third-order valence-corrected chi connectivity index (χ3v) is 3.49. The number of halogens is 1. The van der Waals surface area contributed by atoms with E-state index in [1.165, 1.54) is 18.2 Å². The van der Waals surface area contributed by atoms with Gasteiger partial charge in [-0.3, -0.25) is 0 Å². The second kappa shape index (κ2) is 3.55. The van der Waals surface area contributed by atoms with E-state index in [2.05, 4.69) is 21.1 Å². The predicted octanol–water partition coefficient (Wildman–Crippen LogP) is 2.25. The molecule has 13 heavy (non-hydrogen) atoms. The minimum Gasteiger partial charge on any atom is -0.224 e. The zero-order valence-corrected chi connectivity index (χ0v) is 9.09. The molecule has 0 fully saturated rings. The lowest BCUT2D eigenvalue weighted by molar-refractivity contribution is 0.601. The summed E-state index contributed by atoms with van der Waals surface area (Å²) in [4.78, 5) is 10.3. The van der Waals surface area contributed by atoms with Gasteiger partial charge >= 0.3 is 0 Å². The first-order chi connectivity index (χ1) is 5.95. The van der Waals surface area contributed by atoms with Crippen molar-refractivity contribution in [3.8, 4) is 0 Å². The van der Waals surface area contributed by atoms with E-state index >= 15 is 0 Å².